The van der Waals surface area contributed by atoms with E-state index >= 15 is 0 Å². The molecule has 0 spiro atoms. The van der Waals surface area contributed by atoms with Crippen LogP contribution in [0.4, 0.5) is 21.4 Å². The lowest BCUT2D eigenvalue weighted by molar-refractivity contribution is -0.146. The van der Waals surface area contributed by atoms with Crippen LogP contribution in [0.1, 0.15) is 57.7 Å². The van der Waals surface area contributed by atoms with Crippen molar-refractivity contribution in [1.29, 1.82) is 0 Å². The summed E-state index contributed by atoms with van der Waals surface area (Å²) in [6, 6.07) is 7.48. The van der Waals surface area contributed by atoms with Crippen molar-refractivity contribution in [3.05, 3.63) is 41.6 Å². The molecule has 0 bridgehead atoms. The summed E-state index contributed by atoms with van der Waals surface area (Å²) in [6.45, 7) is 9.63. The van der Waals surface area contributed by atoms with E-state index in [1.165, 1.54) is 6.20 Å². The third kappa shape index (κ3) is 6.39. The van der Waals surface area contributed by atoms with Crippen molar-refractivity contribution in [2.75, 3.05) is 29.5 Å². The summed E-state index contributed by atoms with van der Waals surface area (Å²) in [4.78, 5) is 49.0. The third-order valence-corrected chi connectivity index (χ3v) is 7.29. The number of likely N-dealkylation sites (tertiary alicyclic amines) is 1. The minimum absolute atomic E-state index is 0.214. The molecule has 1 aromatic carbocycles. The minimum Gasteiger partial charge on any atom is -0.444 e. The number of anilines is 3. The molecule has 0 radical (unpaired) electrons. The highest BCUT2D eigenvalue weighted by molar-refractivity contribution is 7.22. The molecule has 2 atom stereocenters. The van der Waals surface area contributed by atoms with Crippen LogP contribution in [0.3, 0.4) is 0 Å². The maximum atomic E-state index is 13.4. The Kier molecular flexibility index (Phi) is 7.86. The van der Waals surface area contributed by atoms with E-state index in [0.29, 0.717) is 23.6 Å². The first-order valence-corrected chi connectivity index (χ1v) is 13.4. The van der Waals surface area contributed by atoms with Crippen LogP contribution in [-0.2, 0) is 14.3 Å². The number of carbonyl (C=O) groups excluding carboxylic acids is 3. The molecule has 3 heterocycles. The molecule has 1 fully saturated rings. The Morgan fingerprint density at radius 3 is 2.58 bits per heavy atom. The van der Waals surface area contributed by atoms with E-state index < -0.39 is 23.5 Å². The topological polar surface area (TPSA) is 126 Å². The first-order valence-electron chi connectivity index (χ1n) is 12.6. The number of pyridine rings is 1. The summed E-state index contributed by atoms with van der Waals surface area (Å²) >= 11 is 1.57. The van der Waals surface area contributed by atoms with Crippen molar-refractivity contribution in [2.45, 2.75) is 59.1 Å². The zero-order valence-corrected chi connectivity index (χ0v) is 23.4. The van der Waals surface area contributed by atoms with Gasteiger partial charge in [-0.3, -0.25) is 14.9 Å². The maximum absolute atomic E-state index is 13.4. The highest BCUT2D eigenvalue weighted by Crippen LogP contribution is 2.36. The van der Waals surface area contributed by atoms with Crippen LogP contribution in [0.5, 0.6) is 0 Å². The number of aryl methyl sites for hydroxylation is 1. The molecule has 3 aromatic rings. The zero-order chi connectivity index (χ0) is 27.6. The molecule has 10 nitrogen and oxygen atoms in total. The number of aromatic nitrogens is 2. The van der Waals surface area contributed by atoms with Crippen LogP contribution in [0, 0.1) is 12.8 Å². The number of fused-ring (bicyclic) bond motifs is 1. The smallest absolute Gasteiger partial charge is 0.413 e. The number of piperidine rings is 1. The number of hydrogen-bond acceptors (Lipinski definition) is 8. The van der Waals surface area contributed by atoms with Crippen molar-refractivity contribution in [1.82, 2.24) is 14.9 Å². The molecule has 2 unspecified atom stereocenters. The number of benzene rings is 1. The average molecular weight is 539 g/mol. The average Bonchev–Trinajstić information content (AvgIpc) is 3.26. The number of nitrogens with one attached hydrogen (secondary N) is 3. The molecule has 1 aliphatic rings. The number of carbonyl (C=O) groups is 3. The number of ether oxygens (including phenoxy) is 1. The van der Waals surface area contributed by atoms with Gasteiger partial charge in [0.25, 0.3) is 0 Å². The lowest BCUT2D eigenvalue weighted by atomic mass is 9.89. The zero-order valence-electron chi connectivity index (χ0n) is 22.5. The third-order valence-electron chi connectivity index (χ3n) is 6.24. The largest absolute Gasteiger partial charge is 0.444 e. The molecule has 0 aliphatic carbocycles. The molecular formula is C27H34N6O4S. The standard InChI is InChI=1S/C27H34N6O4S/c1-15-7-9-20(17-8-10-21-19(12-17)31-25(28-6)38-21)33(14-15)24(35)23(34)30-18-11-16(2)22(29-13-18)32-26(36)37-27(3,4)5/h8,10-13,15,20H,7,9,14H2,1-6H3,(H,28,31)(H,30,34)(H,29,32,36). The van der Waals surface area contributed by atoms with Gasteiger partial charge in [0.1, 0.15) is 11.4 Å². The number of nitrogens with zero attached hydrogens (tertiary/aromatic N) is 3. The molecular weight excluding hydrogens is 504 g/mol. The van der Waals surface area contributed by atoms with E-state index in [1.54, 1.807) is 50.0 Å². The summed E-state index contributed by atoms with van der Waals surface area (Å²) in [5, 5.41) is 9.17. The van der Waals surface area contributed by atoms with E-state index in [1.807, 2.05) is 25.2 Å². The Bertz CT molecular complexity index is 1370. The Balaban J connectivity index is 1.48. The summed E-state index contributed by atoms with van der Waals surface area (Å²) < 4.78 is 6.32. The second-order valence-electron chi connectivity index (χ2n) is 10.6. The van der Waals surface area contributed by atoms with Crippen LogP contribution in [0.15, 0.2) is 30.5 Å². The molecule has 38 heavy (non-hydrogen) atoms. The molecule has 3 amide bonds. The van der Waals surface area contributed by atoms with E-state index in [9.17, 15) is 14.4 Å². The van der Waals surface area contributed by atoms with Crippen molar-refractivity contribution < 1.29 is 19.1 Å². The normalized spacial score (nSPS) is 17.7. The van der Waals surface area contributed by atoms with Gasteiger partial charge in [0, 0.05) is 13.6 Å². The first-order chi connectivity index (χ1) is 17.9. The molecule has 4 rings (SSSR count). The fourth-order valence-electron chi connectivity index (χ4n) is 4.47. The molecule has 1 saturated heterocycles. The van der Waals surface area contributed by atoms with E-state index in [2.05, 4.69) is 32.8 Å². The van der Waals surface area contributed by atoms with Gasteiger partial charge in [0.05, 0.1) is 28.1 Å². The van der Waals surface area contributed by atoms with E-state index in [-0.39, 0.29) is 12.0 Å². The van der Waals surface area contributed by atoms with Gasteiger partial charge in [0.15, 0.2) is 5.13 Å². The molecule has 3 N–H and O–H groups in total. The number of rotatable bonds is 4. The lowest BCUT2D eigenvalue weighted by Crippen LogP contribution is -2.46. The molecule has 1 aliphatic heterocycles. The quantitative estimate of drug-likeness (QED) is 0.384. The van der Waals surface area contributed by atoms with E-state index in [0.717, 1.165) is 33.8 Å². The maximum Gasteiger partial charge on any atom is 0.413 e. The predicted molar refractivity (Wildman–Crippen MR) is 149 cm³/mol. The van der Waals surface area contributed by atoms with Gasteiger partial charge in [-0.15, -0.1) is 0 Å². The predicted octanol–water partition coefficient (Wildman–Crippen LogP) is 5.33. The van der Waals surface area contributed by atoms with Gasteiger partial charge in [-0.2, -0.15) is 0 Å². The van der Waals surface area contributed by atoms with Gasteiger partial charge >= 0.3 is 17.9 Å². The Morgan fingerprint density at radius 1 is 1.13 bits per heavy atom. The van der Waals surface area contributed by atoms with Crippen molar-refractivity contribution in [3.63, 3.8) is 0 Å². The van der Waals surface area contributed by atoms with Crippen LogP contribution >= 0.6 is 11.3 Å². The van der Waals surface area contributed by atoms with Crippen LogP contribution < -0.4 is 16.0 Å². The molecule has 2 aromatic heterocycles. The fourth-order valence-corrected chi connectivity index (χ4v) is 5.27. The number of amides is 3. The summed E-state index contributed by atoms with van der Waals surface area (Å²) in [5.41, 5.74) is 2.17. The Labute approximate surface area is 226 Å². The number of hydrogen-bond donors (Lipinski definition) is 3. The van der Waals surface area contributed by atoms with Gasteiger partial charge in [-0.25, -0.2) is 14.8 Å². The van der Waals surface area contributed by atoms with Crippen molar-refractivity contribution in [3.8, 4) is 0 Å². The second-order valence-corrected chi connectivity index (χ2v) is 11.7. The van der Waals surface area contributed by atoms with Crippen molar-refractivity contribution >= 4 is 56.1 Å². The first kappa shape index (κ1) is 27.3. The SMILES string of the molecule is CNc1nc2cc(C3CCC(C)CN3C(=O)C(=O)Nc3cnc(NC(=O)OC(C)(C)C)c(C)c3)ccc2s1. The number of thiazole rings is 1. The highest BCUT2D eigenvalue weighted by atomic mass is 32.1. The molecule has 11 heteroatoms. The van der Waals surface area contributed by atoms with Crippen LogP contribution in [0.25, 0.3) is 10.2 Å². The Hall–Kier alpha value is -3.73. The second kappa shape index (κ2) is 10.9. The van der Waals surface area contributed by atoms with Crippen LogP contribution in [0.2, 0.25) is 0 Å². The van der Waals surface area contributed by atoms with Crippen LogP contribution in [-0.4, -0.2) is 52.0 Å². The minimum atomic E-state index is -0.731. The van der Waals surface area contributed by atoms with E-state index in [4.69, 9.17) is 4.74 Å². The lowest BCUT2D eigenvalue weighted by Gasteiger charge is -2.38. The van der Waals surface area contributed by atoms with Gasteiger partial charge < -0.3 is 20.3 Å². The Morgan fingerprint density at radius 2 is 1.89 bits per heavy atom. The van der Waals surface area contributed by atoms with Gasteiger partial charge in [-0.1, -0.05) is 24.3 Å². The highest BCUT2D eigenvalue weighted by Gasteiger charge is 2.34. The molecule has 202 valence electrons. The summed E-state index contributed by atoms with van der Waals surface area (Å²) in [6.07, 6.45) is 2.50. The molecule has 0 saturated carbocycles. The van der Waals surface area contributed by atoms with Gasteiger partial charge in [-0.05, 0) is 75.8 Å². The summed E-state index contributed by atoms with van der Waals surface area (Å²) in [7, 11) is 1.84. The monoisotopic (exact) mass is 538 g/mol. The van der Waals surface area contributed by atoms with Gasteiger partial charge in [0.2, 0.25) is 0 Å². The summed E-state index contributed by atoms with van der Waals surface area (Å²) in [5.74, 6) is -0.730. The fraction of sp³-hybridized carbons (Fsp3) is 0.444. The van der Waals surface area contributed by atoms with Crippen molar-refractivity contribution in [2.24, 2.45) is 5.92 Å².